The molecule has 2 amide bonds. The van der Waals surface area contributed by atoms with E-state index < -0.39 is 47.3 Å². The zero-order valence-electron chi connectivity index (χ0n) is 12.6. The summed E-state index contributed by atoms with van der Waals surface area (Å²) < 4.78 is 52.6. The minimum Gasteiger partial charge on any atom is -0.346 e. The quantitative estimate of drug-likeness (QED) is 0.466. The molecule has 0 spiro atoms. The lowest BCUT2D eigenvalue weighted by atomic mass is 10.2. The standard InChI is InChI=1S/C16H12F4N2O2S/c17-9-3-1-2-4-12(9)25-8-14(24)21-7-13(23)22-11-6-5-10(18)15(19)16(11)20/h1-6H,7-8H2,(H,21,24)(H,22,23). The molecule has 0 saturated carbocycles. The zero-order chi connectivity index (χ0) is 18.4. The van der Waals surface area contributed by atoms with Crippen molar-refractivity contribution in [3.8, 4) is 0 Å². The summed E-state index contributed by atoms with van der Waals surface area (Å²) in [7, 11) is 0. The van der Waals surface area contributed by atoms with Gasteiger partial charge in [-0.3, -0.25) is 9.59 Å². The normalized spacial score (nSPS) is 10.4. The second kappa shape index (κ2) is 8.52. The highest BCUT2D eigenvalue weighted by molar-refractivity contribution is 8.00. The fraction of sp³-hybridized carbons (Fsp3) is 0.125. The number of carbonyl (C=O) groups excluding carboxylic acids is 2. The minimum atomic E-state index is -1.71. The molecule has 0 aliphatic carbocycles. The van der Waals surface area contributed by atoms with Crippen molar-refractivity contribution < 1.29 is 27.2 Å². The summed E-state index contributed by atoms with van der Waals surface area (Å²) in [5.41, 5.74) is -0.543. The van der Waals surface area contributed by atoms with Crippen molar-refractivity contribution in [1.82, 2.24) is 5.32 Å². The van der Waals surface area contributed by atoms with Gasteiger partial charge in [0.05, 0.1) is 18.0 Å². The van der Waals surface area contributed by atoms with Crippen molar-refractivity contribution in [2.75, 3.05) is 17.6 Å². The highest BCUT2D eigenvalue weighted by Crippen LogP contribution is 2.21. The molecule has 0 fully saturated rings. The summed E-state index contributed by atoms with van der Waals surface area (Å²) >= 11 is 0.947. The maximum Gasteiger partial charge on any atom is 0.243 e. The van der Waals surface area contributed by atoms with Gasteiger partial charge in [0.2, 0.25) is 11.8 Å². The van der Waals surface area contributed by atoms with Crippen molar-refractivity contribution in [3.05, 3.63) is 59.7 Å². The zero-order valence-corrected chi connectivity index (χ0v) is 13.4. The third-order valence-electron chi connectivity index (χ3n) is 2.95. The van der Waals surface area contributed by atoms with Gasteiger partial charge in [-0.2, -0.15) is 0 Å². The second-order valence-corrected chi connectivity index (χ2v) is 5.78. The van der Waals surface area contributed by atoms with Crippen LogP contribution in [0, 0.1) is 23.3 Å². The second-order valence-electron chi connectivity index (χ2n) is 4.77. The third kappa shape index (κ3) is 5.21. The largest absolute Gasteiger partial charge is 0.346 e. The SMILES string of the molecule is O=C(CSc1ccccc1F)NCC(=O)Nc1ccc(F)c(F)c1F. The van der Waals surface area contributed by atoms with Crippen LogP contribution in [0.1, 0.15) is 0 Å². The van der Waals surface area contributed by atoms with Crippen molar-refractivity contribution >= 4 is 29.3 Å². The molecule has 0 heterocycles. The van der Waals surface area contributed by atoms with E-state index in [1.54, 1.807) is 6.07 Å². The first-order valence-corrected chi connectivity index (χ1v) is 7.94. The fourth-order valence-electron chi connectivity index (χ4n) is 1.75. The molecule has 0 saturated heterocycles. The maximum absolute atomic E-state index is 13.4. The van der Waals surface area contributed by atoms with Gasteiger partial charge in [0, 0.05) is 4.90 Å². The average molecular weight is 372 g/mol. The van der Waals surface area contributed by atoms with Gasteiger partial charge < -0.3 is 10.6 Å². The van der Waals surface area contributed by atoms with Gasteiger partial charge in [-0.25, -0.2) is 17.6 Å². The van der Waals surface area contributed by atoms with Crippen LogP contribution in [0.3, 0.4) is 0 Å². The first-order valence-electron chi connectivity index (χ1n) is 6.96. The van der Waals surface area contributed by atoms with Crippen molar-refractivity contribution in [1.29, 1.82) is 0 Å². The number of anilines is 1. The molecule has 0 bridgehead atoms. The number of rotatable bonds is 6. The van der Waals surface area contributed by atoms with E-state index in [9.17, 15) is 27.2 Å². The first kappa shape index (κ1) is 18.8. The Morgan fingerprint density at radius 1 is 0.880 bits per heavy atom. The predicted molar refractivity (Wildman–Crippen MR) is 85.1 cm³/mol. The van der Waals surface area contributed by atoms with Gasteiger partial charge in [-0.1, -0.05) is 12.1 Å². The molecule has 0 aromatic heterocycles. The molecule has 2 rings (SSSR count). The van der Waals surface area contributed by atoms with Crippen LogP contribution < -0.4 is 10.6 Å². The van der Waals surface area contributed by atoms with E-state index in [1.807, 2.05) is 5.32 Å². The molecule has 0 aliphatic rings. The van der Waals surface area contributed by atoms with E-state index in [0.717, 1.165) is 17.8 Å². The molecule has 132 valence electrons. The Labute approximate surface area is 144 Å². The highest BCUT2D eigenvalue weighted by atomic mass is 32.2. The Balaban J connectivity index is 1.81. The molecule has 2 aromatic carbocycles. The first-order chi connectivity index (χ1) is 11.9. The topological polar surface area (TPSA) is 58.2 Å². The van der Waals surface area contributed by atoms with Crippen LogP contribution in [0.15, 0.2) is 41.3 Å². The van der Waals surface area contributed by atoms with Crippen LogP contribution in [0.2, 0.25) is 0 Å². The van der Waals surface area contributed by atoms with Crippen molar-refractivity contribution in [2.24, 2.45) is 0 Å². The number of hydrogen-bond donors (Lipinski definition) is 2. The third-order valence-corrected chi connectivity index (χ3v) is 4.00. The van der Waals surface area contributed by atoms with Gasteiger partial charge in [-0.05, 0) is 24.3 Å². The Morgan fingerprint density at radius 2 is 1.60 bits per heavy atom. The minimum absolute atomic E-state index is 0.131. The lowest BCUT2D eigenvalue weighted by Crippen LogP contribution is -2.34. The van der Waals surface area contributed by atoms with Crippen LogP contribution in [0.5, 0.6) is 0 Å². The van der Waals surface area contributed by atoms with Crippen molar-refractivity contribution in [2.45, 2.75) is 4.90 Å². The smallest absolute Gasteiger partial charge is 0.243 e. The van der Waals surface area contributed by atoms with E-state index >= 15 is 0 Å². The Morgan fingerprint density at radius 3 is 2.32 bits per heavy atom. The molecule has 0 aliphatic heterocycles. The molecule has 4 nitrogen and oxygen atoms in total. The molecule has 25 heavy (non-hydrogen) atoms. The Bertz CT molecular complexity index is 802. The Kier molecular flexibility index (Phi) is 6.40. The number of amides is 2. The van der Waals surface area contributed by atoms with Crippen LogP contribution in [-0.4, -0.2) is 24.1 Å². The maximum atomic E-state index is 13.4. The van der Waals surface area contributed by atoms with Crippen LogP contribution in [0.25, 0.3) is 0 Å². The summed E-state index contributed by atoms with van der Waals surface area (Å²) in [5, 5.41) is 4.27. The van der Waals surface area contributed by atoms with E-state index in [4.69, 9.17) is 0 Å². The van der Waals surface area contributed by atoms with Gasteiger partial charge in [0.15, 0.2) is 17.5 Å². The number of carbonyl (C=O) groups is 2. The molecular formula is C16H12F4N2O2S. The summed E-state index contributed by atoms with van der Waals surface area (Å²) in [6.45, 7) is -0.505. The van der Waals surface area contributed by atoms with Gasteiger partial charge in [0.1, 0.15) is 5.82 Å². The fourth-order valence-corrected chi connectivity index (χ4v) is 2.52. The van der Waals surface area contributed by atoms with Gasteiger partial charge in [0.25, 0.3) is 0 Å². The molecule has 2 N–H and O–H groups in total. The van der Waals surface area contributed by atoms with Crippen molar-refractivity contribution in [3.63, 3.8) is 0 Å². The number of benzene rings is 2. The summed E-state index contributed by atoms with van der Waals surface area (Å²) in [6, 6.07) is 7.42. The predicted octanol–water partition coefficient (Wildman–Crippen LogP) is 3.09. The number of halogens is 4. The number of nitrogens with one attached hydrogen (secondary N) is 2. The molecule has 0 radical (unpaired) electrons. The van der Waals surface area contributed by atoms with Crippen LogP contribution in [0.4, 0.5) is 23.2 Å². The molecule has 0 unspecified atom stereocenters. The Hall–Kier alpha value is -2.55. The summed E-state index contributed by atoms with van der Waals surface area (Å²) in [4.78, 5) is 23.5. The lowest BCUT2D eigenvalue weighted by molar-refractivity contribution is -0.122. The highest BCUT2D eigenvalue weighted by Gasteiger charge is 2.15. The monoisotopic (exact) mass is 372 g/mol. The van der Waals surface area contributed by atoms with E-state index in [1.165, 1.54) is 18.2 Å². The van der Waals surface area contributed by atoms with E-state index in [2.05, 4.69) is 5.32 Å². The molecule has 9 heteroatoms. The van der Waals surface area contributed by atoms with E-state index in [-0.39, 0.29) is 10.6 Å². The van der Waals surface area contributed by atoms with Gasteiger partial charge in [-0.15, -0.1) is 11.8 Å². The van der Waals surface area contributed by atoms with E-state index in [0.29, 0.717) is 6.07 Å². The van der Waals surface area contributed by atoms with Crippen LogP contribution >= 0.6 is 11.8 Å². The van der Waals surface area contributed by atoms with Crippen LogP contribution in [-0.2, 0) is 9.59 Å². The lowest BCUT2D eigenvalue weighted by Gasteiger charge is -2.08. The molecule has 2 aromatic rings. The van der Waals surface area contributed by atoms with Gasteiger partial charge >= 0.3 is 0 Å². The summed E-state index contributed by atoms with van der Waals surface area (Å²) in [6.07, 6.45) is 0. The molecule has 0 atom stereocenters. The summed E-state index contributed by atoms with van der Waals surface area (Å²) in [5.74, 6) is -6.59. The number of thioether (sulfide) groups is 1. The average Bonchev–Trinajstić information content (AvgIpc) is 2.60. The molecular weight excluding hydrogens is 360 g/mol. The number of hydrogen-bond acceptors (Lipinski definition) is 3.